The van der Waals surface area contributed by atoms with E-state index in [1.165, 1.54) is 42.6 Å². The SMILES string of the molecule is CCCCCCc1ccc(-c2sc(OC)c(F)c2F)s1. The fraction of sp³-hybridized carbons (Fsp3) is 0.467. The lowest BCUT2D eigenvalue weighted by Crippen LogP contribution is -1.82. The number of hydrogen-bond acceptors (Lipinski definition) is 3. The van der Waals surface area contributed by atoms with E-state index in [4.69, 9.17) is 4.74 Å². The quantitative estimate of drug-likeness (QED) is 0.579. The van der Waals surface area contributed by atoms with Crippen LogP contribution in [0.5, 0.6) is 5.06 Å². The molecule has 0 saturated heterocycles. The highest BCUT2D eigenvalue weighted by Gasteiger charge is 2.21. The Kier molecular flexibility index (Phi) is 5.54. The molecule has 0 amide bonds. The Bertz CT molecular complexity index is 560. The molecule has 0 N–H and O–H groups in total. The van der Waals surface area contributed by atoms with Crippen molar-refractivity contribution in [3.8, 4) is 14.8 Å². The van der Waals surface area contributed by atoms with Crippen LogP contribution in [0.1, 0.15) is 37.5 Å². The Morgan fingerprint density at radius 2 is 1.85 bits per heavy atom. The summed E-state index contributed by atoms with van der Waals surface area (Å²) in [6, 6.07) is 3.88. The Labute approximate surface area is 126 Å². The minimum Gasteiger partial charge on any atom is -0.485 e. The maximum atomic E-state index is 13.8. The standard InChI is InChI=1S/C15H18F2OS2/c1-3-4-5-6-7-10-8-9-11(19-10)14-12(16)13(17)15(18-2)20-14/h8-9H,3-7H2,1-2H3. The lowest BCUT2D eigenvalue weighted by atomic mass is 10.1. The van der Waals surface area contributed by atoms with Crippen molar-refractivity contribution in [3.63, 3.8) is 0 Å². The van der Waals surface area contributed by atoms with Crippen molar-refractivity contribution in [1.82, 2.24) is 0 Å². The Hall–Kier alpha value is -0.940. The molecule has 110 valence electrons. The van der Waals surface area contributed by atoms with Gasteiger partial charge in [-0.15, -0.1) is 11.3 Å². The van der Waals surface area contributed by atoms with Gasteiger partial charge in [-0.05, 0) is 25.0 Å². The van der Waals surface area contributed by atoms with Gasteiger partial charge in [-0.2, -0.15) is 4.39 Å². The molecule has 0 bridgehead atoms. The molecule has 0 fully saturated rings. The van der Waals surface area contributed by atoms with Crippen molar-refractivity contribution >= 4 is 22.7 Å². The largest absolute Gasteiger partial charge is 0.485 e. The monoisotopic (exact) mass is 316 g/mol. The number of thiophene rings is 2. The minimum atomic E-state index is -0.884. The molecule has 0 saturated carbocycles. The Morgan fingerprint density at radius 1 is 1.05 bits per heavy atom. The van der Waals surface area contributed by atoms with Crippen LogP contribution >= 0.6 is 22.7 Å². The maximum Gasteiger partial charge on any atom is 0.214 e. The fourth-order valence-corrected chi connectivity index (χ4v) is 4.05. The van der Waals surface area contributed by atoms with Crippen LogP contribution in [0.2, 0.25) is 0 Å². The second-order valence-corrected chi connectivity index (χ2v) is 6.78. The number of halogens is 2. The fourth-order valence-electron chi connectivity index (χ4n) is 2.02. The number of methoxy groups -OCH3 is 1. The lowest BCUT2D eigenvalue weighted by Gasteiger charge is -1.96. The third-order valence-corrected chi connectivity index (χ3v) is 5.54. The van der Waals surface area contributed by atoms with Gasteiger partial charge in [0.05, 0.1) is 12.0 Å². The summed E-state index contributed by atoms with van der Waals surface area (Å²) < 4.78 is 32.2. The first-order valence-electron chi connectivity index (χ1n) is 6.78. The molecule has 0 unspecified atom stereocenters. The van der Waals surface area contributed by atoms with Crippen molar-refractivity contribution in [2.45, 2.75) is 39.0 Å². The van der Waals surface area contributed by atoms with Gasteiger partial charge in [0.1, 0.15) is 0 Å². The van der Waals surface area contributed by atoms with E-state index >= 15 is 0 Å². The van der Waals surface area contributed by atoms with Gasteiger partial charge >= 0.3 is 0 Å². The highest BCUT2D eigenvalue weighted by atomic mass is 32.1. The summed E-state index contributed by atoms with van der Waals surface area (Å²) in [7, 11) is 1.35. The summed E-state index contributed by atoms with van der Waals surface area (Å²) >= 11 is 2.56. The van der Waals surface area contributed by atoms with Crippen LogP contribution in [0.25, 0.3) is 9.75 Å². The van der Waals surface area contributed by atoms with Crippen LogP contribution in [0.15, 0.2) is 12.1 Å². The molecular weight excluding hydrogens is 298 g/mol. The number of hydrogen-bond donors (Lipinski definition) is 0. The maximum absolute atomic E-state index is 13.8. The molecule has 2 aromatic rings. The number of rotatable bonds is 7. The smallest absolute Gasteiger partial charge is 0.214 e. The van der Waals surface area contributed by atoms with E-state index in [0.29, 0.717) is 4.88 Å². The Balaban J connectivity index is 2.08. The first kappa shape index (κ1) is 15.4. The molecule has 2 heterocycles. The van der Waals surface area contributed by atoms with Gasteiger partial charge in [0.2, 0.25) is 10.9 Å². The Morgan fingerprint density at radius 3 is 2.50 bits per heavy atom. The molecule has 2 aromatic heterocycles. The summed E-state index contributed by atoms with van der Waals surface area (Å²) in [5.74, 6) is -1.68. The molecule has 0 radical (unpaired) electrons. The third-order valence-electron chi connectivity index (χ3n) is 3.11. The topological polar surface area (TPSA) is 9.23 Å². The molecule has 0 atom stereocenters. The van der Waals surface area contributed by atoms with Gasteiger partial charge in [0.25, 0.3) is 0 Å². The summed E-state index contributed by atoms with van der Waals surface area (Å²) in [4.78, 5) is 2.34. The van der Waals surface area contributed by atoms with E-state index in [2.05, 4.69) is 6.92 Å². The van der Waals surface area contributed by atoms with E-state index in [-0.39, 0.29) is 5.06 Å². The first-order chi connectivity index (χ1) is 9.67. The van der Waals surface area contributed by atoms with Gasteiger partial charge in [0.15, 0.2) is 5.82 Å². The highest BCUT2D eigenvalue weighted by Crippen LogP contribution is 2.42. The van der Waals surface area contributed by atoms with Gasteiger partial charge in [0, 0.05) is 9.75 Å². The second-order valence-electron chi connectivity index (χ2n) is 4.63. The predicted molar refractivity (Wildman–Crippen MR) is 81.9 cm³/mol. The van der Waals surface area contributed by atoms with E-state index in [0.717, 1.165) is 29.1 Å². The molecule has 2 rings (SSSR count). The van der Waals surface area contributed by atoms with Gasteiger partial charge in [-0.1, -0.05) is 37.5 Å². The average molecular weight is 316 g/mol. The predicted octanol–water partition coefficient (Wildman–Crippen LogP) is 5.89. The third kappa shape index (κ3) is 3.38. The highest BCUT2D eigenvalue weighted by molar-refractivity contribution is 7.23. The van der Waals surface area contributed by atoms with Gasteiger partial charge in [-0.3, -0.25) is 0 Å². The van der Waals surface area contributed by atoms with Crippen molar-refractivity contribution in [1.29, 1.82) is 0 Å². The van der Waals surface area contributed by atoms with Crippen molar-refractivity contribution in [2.24, 2.45) is 0 Å². The van der Waals surface area contributed by atoms with Crippen LogP contribution < -0.4 is 4.74 Å². The van der Waals surface area contributed by atoms with Gasteiger partial charge < -0.3 is 4.74 Å². The molecule has 0 aliphatic heterocycles. The van der Waals surface area contributed by atoms with Crippen molar-refractivity contribution in [3.05, 3.63) is 28.6 Å². The van der Waals surface area contributed by atoms with Gasteiger partial charge in [-0.25, -0.2) is 4.39 Å². The zero-order valence-electron chi connectivity index (χ0n) is 11.7. The summed E-state index contributed by atoms with van der Waals surface area (Å²) in [6.07, 6.45) is 5.85. The lowest BCUT2D eigenvalue weighted by molar-refractivity contribution is 0.388. The van der Waals surface area contributed by atoms with Crippen LogP contribution in [0.4, 0.5) is 8.78 Å². The van der Waals surface area contributed by atoms with E-state index < -0.39 is 11.6 Å². The molecule has 0 aliphatic rings. The summed E-state index contributed by atoms with van der Waals surface area (Å²) in [5, 5.41) is 0.00963. The molecule has 5 heteroatoms. The molecule has 0 aromatic carbocycles. The molecule has 20 heavy (non-hydrogen) atoms. The van der Waals surface area contributed by atoms with Crippen LogP contribution in [0, 0.1) is 11.6 Å². The average Bonchev–Trinajstić information content (AvgIpc) is 3.02. The van der Waals surface area contributed by atoms with Crippen molar-refractivity contribution < 1.29 is 13.5 Å². The molecular formula is C15H18F2OS2. The van der Waals surface area contributed by atoms with E-state index in [1.54, 1.807) is 0 Å². The summed E-state index contributed by atoms with van der Waals surface area (Å²) in [5.41, 5.74) is 0. The van der Waals surface area contributed by atoms with E-state index in [9.17, 15) is 8.78 Å². The van der Waals surface area contributed by atoms with Crippen LogP contribution in [-0.2, 0) is 6.42 Å². The number of unbranched alkanes of at least 4 members (excludes halogenated alkanes) is 3. The number of ether oxygens (including phenoxy) is 1. The van der Waals surface area contributed by atoms with Crippen molar-refractivity contribution in [2.75, 3.05) is 7.11 Å². The molecule has 1 nitrogen and oxygen atoms in total. The molecule has 0 aliphatic carbocycles. The second kappa shape index (κ2) is 7.18. The van der Waals surface area contributed by atoms with E-state index in [1.807, 2.05) is 12.1 Å². The van der Waals surface area contributed by atoms with Crippen LogP contribution in [0.3, 0.4) is 0 Å². The first-order valence-corrected chi connectivity index (χ1v) is 8.41. The summed E-state index contributed by atoms with van der Waals surface area (Å²) in [6.45, 7) is 2.19. The van der Waals surface area contributed by atoms with Crippen LogP contribution in [-0.4, -0.2) is 7.11 Å². The normalized spacial score (nSPS) is 11.0. The minimum absolute atomic E-state index is 0.00963. The zero-order chi connectivity index (χ0) is 14.5. The number of aryl methyl sites for hydroxylation is 1. The zero-order valence-corrected chi connectivity index (χ0v) is 13.3. The molecule has 0 spiro atoms.